The number of benzene rings is 2. The fourth-order valence-corrected chi connectivity index (χ4v) is 1.97. The molecule has 0 aliphatic rings. The number of rotatable bonds is 3. The highest BCUT2D eigenvalue weighted by Crippen LogP contribution is 2.12. The van der Waals surface area contributed by atoms with Crippen LogP contribution in [0.1, 0.15) is 16.2 Å². The predicted molar refractivity (Wildman–Crippen MR) is 70.6 cm³/mol. The van der Waals surface area contributed by atoms with Crippen molar-refractivity contribution in [1.82, 2.24) is 9.97 Å². The van der Waals surface area contributed by atoms with Gasteiger partial charge in [-0.2, -0.15) is 0 Å². The number of aromatic amines is 1. The smallest absolute Gasteiger partial charge is 0.170 e. The van der Waals surface area contributed by atoms with Crippen molar-refractivity contribution in [3.05, 3.63) is 66.0 Å². The largest absolute Gasteiger partial charge is 0.342 e. The summed E-state index contributed by atoms with van der Waals surface area (Å²) in [4.78, 5) is 19.6. The third-order valence-electron chi connectivity index (χ3n) is 2.86. The molecule has 1 aromatic heterocycles. The Morgan fingerprint density at radius 1 is 1.00 bits per heavy atom. The number of Topliss-reactive ketones (excluding diaryl/α,β-unsaturated/α-hetero) is 1. The van der Waals surface area contributed by atoms with E-state index in [0.29, 0.717) is 12.2 Å². The second-order valence-electron chi connectivity index (χ2n) is 4.17. The van der Waals surface area contributed by atoms with Gasteiger partial charge in [0.05, 0.1) is 17.5 Å². The predicted octanol–water partition coefficient (Wildman–Crippen LogP) is 2.99. The number of aromatic nitrogens is 2. The summed E-state index contributed by atoms with van der Waals surface area (Å²) in [5, 5.41) is 0. The molecular formula is C15H12N2O. The molecule has 0 bridgehead atoms. The number of para-hydroxylation sites is 2. The average molecular weight is 236 g/mol. The highest BCUT2D eigenvalue weighted by atomic mass is 16.1. The Balaban J connectivity index is 1.86. The van der Waals surface area contributed by atoms with Crippen LogP contribution < -0.4 is 0 Å². The van der Waals surface area contributed by atoms with E-state index in [9.17, 15) is 4.79 Å². The molecule has 88 valence electrons. The zero-order valence-electron chi connectivity index (χ0n) is 9.76. The first kappa shape index (κ1) is 10.7. The van der Waals surface area contributed by atoms with Gasteiger partial charge in [-0.1, -0.05) is 42.5 Å². The molecule has 0 aliphatic heterocycles. The summed E-state index contributed by atoms with van der Waals surface area (Å²) in [5.41, 5.74) is 2.58. The van der Waals surface area contributed by atoms with Gasteiger partial charge in [0.1, 0.15) is 5.82 Å². The maximum absolute atomic E-state index is 12.0. The second-order valence-corrected chi connectivity index (χ2v) is 4.17. The minimum atomic E-state index is 0.0784. The van der Waals surface area contributed by atoms with E-state index < -0.39 is 0 Å². The number of imidazole rings is 1. The Labute approximate surface area is 104 Å². The van der Waals surface area contributed by atoms with E-state index >= 15 is 0 Å². The van der Waals surface area contributed by atoms with Crippen molar-refractivity contribution in [3.63, 3.8) is 0 Å². The number of nitrogens with zero attached hydrogens (tertiary/aromatic N) is 1. The molecule has 3 rings (SSSR count). The van der Waals surface area contributed by atoms with Crippen molar-refractivity contribution in [1.29, 1.82) is 0 Å². The number of nitrogens with one attached hydrogen (secondary N) is 1. The second kappa shape index (κ2) is 4.45. The molecule has 0 fully saturated rings. The molecule has 0 amide bonds. The van der Waals surface area contributed by atoms with E-state index in [1.165, 1.54) is 0 Å². The third-order valence-corrected chi connectivity index (χ3v) is 2.86. The van der Waals surface area contributed by atoms with Gasteiger partial charge in [0, 0.05) is 5.56 Å². The highest BCUT2D eigenvalue weighted by molar-refractivity contribution is 5.97. The lowest BCUT2D eigenvalue weighted by atomic mass is 10.1. The fourth-order valence-electron chi connectivity index (χ4n) is 1.97. The molecule has 0 aliphatic carbocycles. The van der Waals surface area contributed by atoms with Crippen molar-refractivity contribution >= 4 is 16.8 Å². The SMILES string of the molecule is O=C(Cc1nc2ccccc2[nH]1)c1ccccc1. The first-order valence-corrected chi connectivity index (χ1v) is 5.85. The summed E-state index contributed by atoms with van der Waals surface area (Å²) >= 11 is 0. The number of fused-ring (bicyclic) bond motifs is 1. The molecule has 2 aromatic carbocycles. The minimum absolute atomic E-state index is 0.0784. The Bertz CT molecular complexity index is 653. The van der Waals surface area contributed by atoms with Crippen molar-refractivity contribution in [3.8, 4) is 0 Å². The highest BCUT2D eigenvalue weighted by Gasteiger charge is 2.09. The molecule has 3 aromatic rings. The maximum Gasteiger partial charge on any atom is 0.170 e. The Kier molecular flexibility index (Phi) is 2.65. The molecule has 0 unspecified atom stereocenters. The molecule has 0 saturated heterocycles. The van der Waals surface area contributed by atoms with E-state index in [1.807, 2.05) is 54.6 Å². The molecule has 0 atom stereocenters. The Hall–Kier alpha value is -2.42. The van der Waals surface area contributed by atoms with Crippen molar-refractivity contribution in [2.24, 2.45) is 0 Å². The number of hydrogen-bond acceptors (Lipinski definition) is 2. The van der Waals surface area contributed by atoms with Gasteiger partial charge in [0.2, 0.25) is 0 Å². The first-order chi connectivity index (χ1) is 8.83. The molecule has 3 nitrogen and oxygen atoms in total. The zero-order valence-corrected chi connectivity index (χ0v) is 9.76. The summed E-state index contributed by atoms with van der Waals surface area (Å²) in [6.45, 7) is 0. The lowest BCUT2D eigenvalue weighted by Crippen LogP contribution is -2.04. The van der Waals surface area contributed by atoms with Crippen LogP contribution in [-0.4, -0.2) is 15.8 Å². The van der Waals surface area contributed by atoms with Gasteiger partial charge < -0.3 is 4.98 Å². The third kappa shape index (κ3) is 2.02. The van der Waals surface area contributed by atoms with Crippen LogP contribution in [0.5, 0.6) is 0 Å². The van der Waals surface area contributed by atoms with E-state index in [2.05, 4.69) is 9.97 Å². The van der Waals surface area contributed by atoms with Crippen LogP contribution >= 0.6 is 0 Å². The van der Waals surface area contributed by atoms with Crippen LogP contribution in [0.3, 0.4) is 0 Å². The van der Waals surface area contributed by atoms with Gasteiger partial charge >= 0.3 is 0 Å². The molecule has 0 spiro atoms. The van der Waals surface area contributed by atoms with Gasteiger partial charge in [0.25, 0.3) is 0 Å². The van der Waals surface area contributed by atoms with E-state index in [1.54, 1.807) is 0 Å². The molecule has 18 heavy (non-hydrogen) atoms. The van der Waals surface area contributed by atoms with Crippen LogP contribution in [0.15, 0.2) is 54.6 Å². The van der Waals surface area contributed by atoms with Gasteiger partial charge in [-0.05, 0) is 12.1 Å². The summed E-state index contributed by atoms with van der Waals surface area (Å²) in [6.07, 6.45) is 0.304. The monoisotopic (exact) mass is 236 g/mol. The minimum Gasteiger partial charge on any atom is -0.342 e. The van der Waals surface area contributed by atoms with Crippen molar-refractivity contribution in [2.45, 2.75) is 6.42 Å². The standard InChI is InChI=1S/C15H12N2O/c18-14(11-6-2-1-3-7-11)10-15-16-12-8-4-5-9-13(12)17-15/h1-9H,10H2,(H,16,17). The number of H-pyrrole nitrogens is 1. The lowest BCUT2D eigenvalue weighted by molar-refractivity contribution is 0.0991. The molecule has 0 saturated carbocycles. The lowest BCUT2D eigenvalue weighted by Gasteiger charge is -1.97. The summed E-state index contributed by atoms with van der Waals surface area (Å²) in [6, 6.07) is 17.1. The topological polar surface area (TPSA) is 45.8 Å². The van der Waals surface area contributed by atoms with Gasteiger partial charge in [-0.3, -0.25) is 4.79 Å². The number of ketones is 1. The van der Waals surface area contributed by atoms with E-state index in [0.717, 1.165) is 16.6 Å². The van der Waals surface area contributed by atoms with Crippen LogP contribution in [0.25, 0.3) is 11.0 Å². The van der Waals surface area contributed by atoms with Crippen LogP contribution in [0.2, 0.25) is 0 Å². The summed E-state index contributed by atoms with van der Waals surface area (Å²) in [5.74, 6) is 0.791. The van der Waals surface area contributed by atoms with Crippen LogP contribution in [0, 0.1) is 0 Å². The van der Waals surface area contributed by atoms with Crippen LogP contribution in [-0.2, 0) is 6.42 Å². The molecule has 1 N–H and O–H groups in total. The fraction of sp³-hybridized carbons (Fsp3) is 0.0667. The molecule has 3 heteroatoms. The Morgan fingerprint density at radius 3 is 2.50 bits per heavy atom. The number of carbonyl (C=O) groups is 1. The normalized spacial score (nSPS) is 10.7. The van der Waals surface area contributed by atoms with Gasteiger partial charge in [-0.25, -0.2) is 4.98 Å². The number of carbonyl (C=O) groups excluding carboxylic acids is 1. The molecule has 1 heterocycles. The number of hydrogen-bond donors (Lipinski definition) is 1. The van der Waals surface area contributed by atoms with Crippen LogP contribution in [0.4, 0.5) is 0 Å². The van der Waals surface area contributed by atoms with Gasteiger partial charge in [0.15, 0.2) is 5.78 Å². The van der Waals surface area contributed by atoms with E-state index in [4.69, 9.17) is 0 Å². The summed E-state index contributed by atoms with van der Waals surface area (Å²) in [7, 11) is 0. The van der Waals surface area contributed by atoms with Gasteiger partial charge in [-0.15, -0.1) is 0 Å². The first-order valence-electron chi connectivity index (χ1n) is 5.85. The average Bonchev–Trinajstić information content (AvgIpc) is 2.82. The summed E-state index contributed by atoms with van der Waals surface area (Å²) < 4.78 is 0. The molecule has 0 radical (unpaired) electrons. The molecular weight excluding hydrogens is 224 g/mol. The van der Waals surface area contributed by atoms with E-state index in [-0.39, 0.29) is 5.78 Å². The Morgan fingerprint density at radius 2 is 1.72 bits per heavy atom. The quantitative estimate of drug-likeness (QED) is 0.710. The van der Waals surface area contributed by atoms with Crippen molar-refractivity contribution in [2.75, 3.05) is 0 Å². The maximum atomic E-state index is 12.0. The zero-order chi connectivity index (χ0) is 12.4. The van der Waals surface area contributed by atoms with Crippen molar-refractivity contribution < 1.29 is 4.79 Å².